The minimum atomic E-state index is 0.0688. The van der Waals surface area contributed by atoms with Crippen LogP contribution < -0.4 is 10.6 Å². The molecule has 0 fully saturated rings. The van der Waals surface area contributed by atoms with Crippen LogP contribution in [0.2, 0.25) is 0 Å². The van der Waals surface area contributed by atoms with Gasteiger partial charge in [-0.1, -0.05) is 90.9 Å². The Morgan fingerprint density at radius 3 is 1.17 bits per heavy atom. The zero-order valence-corrected chi connectivity index (χ0v) is 19.4. The predicted octanol–water partition coefficient (Wildman–Crippen LogP) is 7.85. The highest BCUT2D eigenvalue weighted by atomic mass is 16.2. The molecule has 1 aromatic carbocycles. The molecule has 0 aromatic heterocycles. The van der Waals surface area contributed by atoms with Crippen molar-refractivity contribution in [2.45, 2.75) is 117 Å². The van der Waals surface area contributed by atoms with Gasteiger partial charge in [-0.05, 0) is 37.1 Å². The monoisotopic (exact) mass is 416 g/mol. The van der Waals surface area contributed by atoms with E-state index in [1.165, 1.54) is 64.2 Å². The van der Waals surface area contributed by atoms with E-state index < -0.39 is 0 Å². The average Bonchev–Trinajstić information content (AvgIpc) is 2.74. The summed E-state index contributed by atoms with van der Waals surface area (Å²) in [6, 6.07) is 7.41. The second kappa shape index (κ2) is 18.0. The number of hydrogen-bond donors (Lipinski definition) is 2. The van der Waals surface area contributed by atoms with Gasteiger partial charge in [-0.15, -0.1) is 0 Å². The fourth-order valence-corrected chi connectivity index (χ4v) is 3.57. The van der Waals surface area contributed by atoms with Gasteiger partial charge in [-0.3, -0.25) is 9.59 Å². The van der Waals surface area contributed by atoms with Crippen molar-refractivity contribution in [3.8, 4) is 0 Å². The molecule has 2 amide bonds. The maximum Gasteiger partial charge on any atom is 0.224 e. The molecule has 30 heavy (non-hydrogen) atoms. The minimum Gasteiger partial charge on any atom is -0.326 e. The van der Waals surface area contributed by atoms with Gasteiger partial charge < -0.3 is 10.6 Å². The van der Waals surface area contributed by atoms with Gasteiger partial charge in [0.15, 0.2) is 0 Å². The summed E-state index contributed by atoms with van der Waals surface area (Å²) in [6.45, 7) is 4.45. The van der Waals surface area contributed by atoms with E-state index in [1.54, 1.807) is 0 Å². The molecule has 0 radical (unpaired) electrons. The molecule has 2 N–H and O–H groups in total. The molecule has 0 spiro atoms. The average molecular weight is 417 g/mol. The molecule has 4 nitrogen and oxygen atoms in total. The second-order valence-electron chi connectivity index (χ2n) is 8.42. The van der Waals surface area contributed by atoms with E-state index in [-0.39, 0.29) is 11.8 Å². The fourth-order valence-electron chi connectivity index (χ4n) is 3.57. The molecule has 0 aliphatic rings. The Kier molecular flexibility index (Phi) is 15.7. The first-order chi connectivity index (χ1) is 14.7. The summed E-state index contributed by atoms with van der Waals surface area (Å²) >= 11 is 0. The Bertz CT molecular complexity index is 518. The number of unbranched alkanes of at least 4 members (excludes halogenated alkanes) is 12. The second-order valence-corrected chi connectivity index (χ2v) is 8.42. The molecular formula is C26H44N2O2. The summed E-state index contributed by atoms with van der Waals surface area (Å²) in [5, 5.41) is 5.89. The molecule has 0 saturated carbocycles. The lowest BCUT2D eigenvalue weighted by atomic mass is 10.1. The van der Waals surface area contributed by atoms with Gasteiger partial charge in [-0.25, -0.2) is 0 Å². The molecular weight excluding hydrogens is 372 g/mol. The number of benzene rings is 1. The van der Waals surface area contributed by atoms with Crippen LogP contribution >= 0.6 is 0 Å². The van der Waals surface area contributed by atoms with Crippen LogP contribution in [-0.2, 0) is 9.59 Å². The number of anilines is 2. The molecule has 0 aliphatic carbocycles. The van der Waals surface area contributed by atoms with Crippen LogP contribution in [0.25, 0.3) is 0 Å². The third-order valence-electron chi connectivity index (χ3n) is 5.47. The highest BCUT2D eigenvalue weighted by molar-refractivity contribution is 5.92. The number of amides is 2. The largest absolute Gasteiger partial charge is 0.326 e. The molecule has 0 aliphatic heterocycles. The Labute approximate surface area is 184 Å². The van der Waals surface area contributed by atoms with E-state index >= 15 is 0 Å². The van der Waals surface area contributed by atoms with Crippen LogP contribution in [0.15, 0.2) is 24.3 Å². The van der Waals surface area contributed by atoms with Crippen molar-refractivity contribution in [1.82, 2.24) is 0 Å². The van der Waals surface area contributed by atoms with E-state index in [4.69, 9.17) is 0 Å². The predicted molar refractivity (Wildman–Crippen MR) is 129 cm³/mol. The van der Waals surface area contributed by atoms with Crippen LogP contribution in [-0.4, -0.2) is 11.8 Å². The Morgan fingerprint density at radius 2 is 0.833 bits per heavy atom. The quantitative estimate of drug-likeness (QED) is 0.239. The molecule has 4 heteroatoms. The van der Waals surface area contributed by atoms with E-state index in [1.807, 2.05) is 24.3 Å². The van der Waals surface area contributed by atoms with Gasteiger partial charge >= 0.3 is 0 Å². The summed E-state index contributed by atoms with van der Waals surface area (Å²) in [7, 11) is 0. The molecule has 0 heterocycles. The van der Waals surface area contributed by atoms with Gasteiger partial charge in [-0.2, -0.15) is 0 Å². The van der Waals surface area contributed by atoms with Crippen LogP contribution in [0.4, 0.5) is 11.4 Å². The van der Waals surface area contributed by atoms with Gasteiger partial charge in [0, 0.05) is 24.2 Å². The Hall–Kier alpha value is -1.84. The number of rotatable bonds is 18. The summed E-state index contributed by atoms with van der Waals surface area (Å²) < 4.78 is 0. The highest BCUT2D eigenvalue weighted by Crippen LogP contribution is 2.16. The van der Waals surface area contributed by atoms with Crippen molar-refractivity contribution < 1.29 is 9.59 Å². The topological polar surface area (TPSA) is 58.2 Å². The summed E-state index contributed by atoms with van der Waals surface area (Å²) in [5.74, 6) is 0.138. The smallest absolute Gasteiger partial charge is 0.224 e. The zero-order valence-electron chi connectivity index (χ0n) is 19.4. The number of hydrogen-bond acceptors (Lipinski definition) is 2. The van der Waals surface area contributed by atoms with Crippen molar-refractivity contribution in [3.05, 3.63) is 24.3 Å². The molecule has 170 valence electrons. The Balaban J connectivity index is 2.14. The van der Waals surface area contributed by atoms with E-state index in [9.17, 15) is 9.59 Å². The zero-order chi connectivity index (χ0) is 21.9. The third kappa shape index (κ3) is 14.2. The Morgan fingerprint density at radius 1 is 0.533 bits per heavy atom. The maximum atomic E-state index is 12.1. The van der Waals surface area contributed by atoms with Crippen molar-refractivity contribution in [2.24, 2.45) is 0 Å². The van der Waals surface area contributed by atoms with Crippen LogP contribution in [0, 0.1) is 0 Å². The minimum absolute atomic E-state index is 0.0688. The first-order valence-corrected chi connectivity index (χ1v) is 12.4. The van der Waals surface area contributed by atoms with E-state index in [2.05, 4.69) is 24.5 Å². The molecule has 0 atom stereocenters. The summed E-state index contributed by atoms with van der Waals surface area (Å²) in [4.78, 5) is 24.1. The normalized spacial score (nSPS) is 10.7. The van der Waals surface area contributed by atoms with Gasteiger partial charge in [0.2, 0.25) is 11.8 Å². The third-order valence-corrected chi connectivity index (χ3v) is 5.47. The molecule has 1 aromatic rings. The van der Waals surface area contributed by atoms with E-state index in [0.29, 0.717) is 12.8 Å². The van der Waals surface area contributed by atoms with Gasteiger partial charge in [0.05, 0.1) is 0 Å². The summed E-state index contributed by atoms with van der Waals surface area (Å²) in [5.41, 5.74) is 1.57. The van der Waals surface area contributed by atoms with Gasteiger partial charge in [0.25, 0.3) is 0 Å². The van der Waals surface area contributed by atoms with Crippen molar-refractivity contribution in [1.29, 1.82) is 0 Å². The molecule has 0 unspecified atom stereocenters. The standard InChI is InChI=1S/C26H44N2O2/c1-3-5-7-9-11-13-15-17-25(29)27-23-19-21-24(22-20-23)28-26(30)18-16-14-12-10-8-6-4-2/h19-22H,3-18H2,1-2H3,(H,27,29)(H,28,30). The van der Waals surface area contributed by atoms with Crippen LogP contribution in [0.1, 0.15) is 117 Å². The lowest BCUT2D eigenvalue weighted by molar-refractivity contribution is -0.117. The fraction of sp³-hybridized carbons (Fsp3) is 0.692. The van der Waals surface area contributed by atoms with Crippen LogP contribution in [0.5, 0.6) is 0 Å². The first-order valence-electron chi connectivity index (χ1n) is 12.4. The van der Waals surface area contributed by atoms with Crippen LogP contribution in [0.3, 0.4) is 0 Å². The number of carbonyl (C=O) groups excluding carboxylic acids is 2. The van der Waals surface area contributed by atoms with Gasteiger partial charge in [0.1, 0.15) is 0 Å². The maximum absolute atomic E-state index is 12.1. The lowest BCUT2D eigenvalue weighted by Gasteiger charge is -2.08. The SMILES string of the molecule is CCCCCCCCCC(=O)Nc1ccc(NC(=O)CCCCCCCCC)cc1. The molecule has 1 rings (SSSR count). The van der Waals surface area contributed by atoms with Crippen molar-refractivity contribution in [2.75, 3.05) is 10.6 Å². The molecule has 0 bridgehead atoms. The lowest BCUT2D eigenvalue weighted by Crippen LogP contribution is -2.12. The van der Waals surface area contributed by atoms with Crippen molar-refractivity contribution in [3.63, 3.8) is 0 Å². The molecule has 0 saturated heterocycles. The number of nitrogens with one attached hydrogen (secondary N) is 2. The summed E-state index contributed by atoms with van der Waals surface area (Å²) in [6.07, 6.45) is 18.1. The first kappa shape index (κ1) is 26.2. The van der Waals surface area contributed by atoms with E-state index in [0.717, 1.165) is 37.1 Å². The van der Waals surface area contributed by atoms with Crippen molar-refractivity contribution >= 4 is 23.2 Å². The number of carbonyl (C=O) groups is 2. The highest BCUT2D eigenvalue weighted by Gasteiger charge is 2.05.